The topological polar surface area (TPSA) is 23.8 Å². The molecule has 0 heterocycles. The number of nitriles is 1. The quantitative estimate of drug-likeness (QED) is 0.773. The zero-order chi connectivity index (χ0) is 10.4. The van der Waals surface area contributed by atoms with E-state index < -0.39 is 0 Å². The first-order valence-corrected chi connectivity index (χ1v) is 6.05. The lowest BCUT2D eigenvalue weighted by Gasteiger charge is -2.02. The molecule has 0 amide bonds. The summed E-state index contributed by atoms with van der Waals surface area (Å²) in [6.45, 7) is 2.04. The molecule has 0 aliphatic rings. The summed E-state index contributed by atoms with van der Waals surface area (Å²) in [7, 11) is 0. The molecule has 0 fully saturated rings. The molecule has 0 radical (unpaired) electrons. The van der Waals surface area contributed by atoms with E-state index in [1.54, 1.807) is 11.8 Å². The maximum Gasteiger partial charge on any atom is 0.107 e. The molecule has 1 aromatic rings. The summed E-state index contributed by atoms with van der Waals surface area (Å²) in [5, 5.41) is 8.93. The first-order chi connectivity index (χ1) is 6.79. The number of rotatable bonds is 3. The second kappa shape index (κ2) is 5.90. The van der Waals surface area contributed by atoms with Gasteiger partial charge in [-0.25, -0.2) is 0 Å². The van der Waals surface area contributed by atoms with Gasteiger partial charge in [-0.05, 0) is 27.2 Å². The molecule has 0 aromatic heterocycles. The normalized spacial score (nSPS) is 11.8. The van der Waals surface area contributed by atoms with Gasteiger partial charge >= 0.3 is 0 Å². The van der Waals surface area contributed by atoms with Crippen molar-refractivity contribution >= 4 is 32.2 Å². The van der Waals surface area contributed by atoms with E-state index in [9.17, 15) is 0 Å². The maximum atomic E-state index is 8.93. The molecule has 0 saturated carbocycles. The molecule has 1 nitrogen and oxygen atoms in total. The highest BCUT2D eigenvalue weighted by molar-refractivity contribution is 9.15. The van der Waals surface area contributed by atoms with Gasteiger partial charge in [0, 0.05) is 4.48 Å². The number of hydrogen-bond acceptors (Lipinski definition) is 2. The third-order valence-corrected chi connectivity index (χ3v) is 3.61. The van der Waals surface area contributed by atoms with Crippen LogP contribution >= 0.6 is 27.7 Å². The molecular formula is C11H10BrNS. The van der Waals surface area contributed by atoms with Gasteiger partial charge in [0.25, 0.3) is 0 Å². The fourth-order valence-electron chi connectivity index (χ4n) is 1.00. The lowest BCUT2D eigenvalue weighted by atomic mass is 10.2. The van der Waals surface area contributed by atoms with Gasteiger partial charge in [-0.2, -0.15) is 5.26 Å². The molecule has 0 unspecified atom stereocenters. The van der Waals surface area contributed by atoms with Crippen molar-refractivity contribution in [2.75, 3.05) is 5.75 Å². The van der Waals surface area contributed by atoms with Gasteiger partial charge in [-0.15, -0.1) is 11.8 Å². The monoisotopic (exact) mass is 267 g/mol. The van der Waals surface area contributed by atoms with Crippen LogP contribution in [0, 0.1) is 11.3 Å². The number of allylic oxidation sites excluding steroid dienone is 1. The van der Waals surface area contributed by atoms with Gasteiger partial charge < -0.3 is 0 Å². The van der Waals surface area contributed by atoms with Crippen molar-refractivity contribution in [3.05, 3.63) is 40.8 Å². The van der Waals surface area contributed by atoms with Crippen LogP contribution in [0.1, 0.15) is 12.5 Å². The van der Waals surface area contributed by atoms with E-state index in [2.05, 4.69) is 22.0 Å². The molecule has 0 saturated heterocycles. The van der Waals surface area contributed by atoms with E-state index >= 15 is 0 Å². The Bertz CT molecular complexity index is 365. The van der Waals surface area contributed by atoms with Crippen LogP contribution in [-0.4, -0.2) is 5.75 Å². The van der Waals surface area contributed by atoms with Crippen molar-refractivity contribution in [2.24, 2.45) is 0 Å². The molecule has 0 aliphatic carbocycles. The van der Waals surface area contributed by atoms with Crippen molar-refractivity contribution in [1.82, 2.24) is 0 Å². The van der Waals surface area contributed by atoms with Gasteiger partial charge in [-0.3, -0.25) is 0 Å². The van der Waals surface area contributed by atoms with Crippen molar-refractivity contribution in [1.29, 1.82) is 5.26 Å². The Morgan fingerprint density at radius 1 is 1.43 bits per heavy atom. The average Bonchev–Trinajstić information content (AvgIpc) is 2.26. The van der Waals surface area contributed by atoms with Gasteiger partial charge in [0.2, 0.25) is 0 Å². The Morgan fingerprint density at radius 3 is 2.57 bits per heavy atom. The summed E-state index contributed by atoms with van der Waals surface area (Å²) < 4.78 is 0.882. The highest BCUT2D eigenvalue weighted by Crippen LogP contribution is 2.30. The standard InChI is InChI=1S/C11H10BrNS/c1-2-14-10(8-13)11(12)9-6-4-3-5-7-9/h3-7H,2H2,1H3/b11-10+. The molecule has 0 N–H and O–H groups in total. The molecule has 0 atom stereocenters. The van der Waals surface area contributed by atoms with Crippen LogP contribution in [0.15, 0.2) is 35.2 Å². The summed E-state index contributed by atoms with van der Waals surface area (Å²) in [6.07, 6.45) is 0. The first kappa shape index (κ1) is 11.4. The van der Waals surface area contributed by atoms with Crippen LogP contribution < -0.4 is 0 Å². The molecule has 14 heavy (non-hydrogen) atoms. The zero-order valence-electron chi connectivity index (χ0n) is 7.83. The fourth-order valence-corrected chi connectivity index (χ4v) is 2.30. The molecule has 1 aromatic carbocycles. The summed E-state index contributed by atoms with van der Waals surface area (Å²) in [6, 6.07) is 12.0. The molecular weight excluding hydrogens is 258 g/mol. The number of benzene rings is 1. The Kier molecular flexibility index (Phi) is 4.78. The molecule has 3 heteroatoms. The number of hydrogen-bond donors (Lipinski definition) is 0. The minimum Gasteiger partial charge on any atom is -0.192 e. The third kappa shape index (κ3) is 2.90. The number of nitrogens with zero attached hydrogens (tertiary/aromatic N) is 1. The maximum absolute atomic E-state index is 8.93. The van der Waals surface area contributed by atoms with E-state index in [0.29, 0.717) is 0 Å². The van der Waals surface area contributed by atoms with E-state index in [4.69, 9.17) is 5.26 Å². The number of thioether (sulfide) groups is 1. The number of halogens is 1. The third-order valence-electron chi connectivity index (χ3n) is 1.62. The lowest BCUT2D eigenvalue weighted by Crippen LogP contribution is -1.81. The van der Waals surface area contributed by atoms with Crippen molar-refractivity contribution in [3.8, 4) is 6.07 Å². The Labute approximate surface area is 96.9 Å². The van der Waals surface area contributed by atoms with Gasteiger partial charge in [0.15, 0.2) is 0 Å². The van der Waals surface area contributed by atoms with Crippen LogP contribution in [-0.2, 0) is 0 Å². The van der Waals surface area contributed by atoms with E-state index in [0.717, 1.165) is 20.7 Å². The SMILES string of the molecule is CCS/C(C#N)=C(/Br)c1ccccc1. The average molecular weight is 268 g/mol. The van der Waals surface area contributed by atoms with E-state index in [-0.39, 0.29) is 0 Å². The zero-order valence-corrected chi connectivity index (χ0v) is 10.2. The van der Waals surface area contributed by atoms with E-state index in [1.165, 1.54) is 0 Å². The summed E-state index contributed by atoms with van der Waals surface area (Å²) >= 11 is 5.00. The highest BCUT2D eigenvalue weighted by Gasteiger charge is 2.05. The van der Waals surface area contributed by atoms with Crippen molar-refractivity contribution in [2.45, 2.75) is 6.92 Å². The fraction of sp³-hybridized carbons (Fsp3) is 0.182. The van der Waals surface area contributed by atoms with Gasteiger partial charge in [-0.1, -0.05) is 37.3 Å². The van der Waals surface area contributed by atoms with Crippen LogP contribution in [0.25, 0.3) is 4.48 Å². The Morgan fingerprint density at radius 2 is 2.07 bits per heavy atom. The Hall–Kier alpha value is -0.720. The summed E-state index contributed by atoms with van der Waals surface area (Å²) in [5.41, 5.74) is 1.05. The molecule has 72 valence electrons. The summed E-state index contributed by atoms with van der Waals surface area (Å²) in [4.78, 5) is 0.735. The van der Waals surface area contributed by atoms with Crippen LogP contribution in [0.4, 0.5) is 0 Å². The summed E-state index contributed by atoms with van der Waals surface area (Å²) in [5.74, 6) is 0.908. The smallest absolute Gasteiger partial charge is 0.107 e. The predicted molar refractivity (Wildman–Crippen MR) is 66.0 cm³/mol. The predicted octanol–water partition coefficient (Wildman–Crippen LogP) is 4.03. The second-order valence-electron chi connectivity index (χ2n) is 2.55. The van der Waals surface area contributed by atoms with Crippen LogP contribution in [0.5, 0.6) is 0 Å². The molecule has 0 spiro atoms. The van der Waals surface area contributed by atoms with Crippen molar-refractivity contribution in [3.63, 3.8) is 0 Å². The van der Waals surface area contributed by atoms with Crippen LogP contribution in [0.3, 0.4) is 0 Å². The molecule has 0 bridgehead atoms. The lowest BCUT2D eigenvalue weighted by molar-refractivity contribution is 1.51. The molecule has 1 rings (SSSR count). The van der Waals surface area contributed by atoms with Gasteiger partial charge in [0.05, 0.1) is 4.91 Å². The molecule has 0 aliphatic heterocycles. The Balaban J connectivity index is 3.03. The van der Waals surface area contributed by atoms with Crippen LogP contribution in [0.2, 0.25) is 0 Å². The minimum absolute atomic E-state index is 0.735. The highest BCUT2D eigenvalue weighted by atomic mass is 79.9. The largest absolute Gasteiger partial charge is 0.192 e. The van der Waals surface area contributed by atoms with E-state index in [1.807, 2.05) is 37.3 Å². The minimum atomic E-state index is 0.735. The second-order valence-corrected chi connectivity index (χ2v) is 4.62. The van der Waals surface area contributed by atoms with Crippen molar-refractivity contribution < 1.29 is 0 Å². The van der Waals surface area contributed by atoms with Gasteiger partial charge in [0.1, 0.15) is 6.07 Å². The first-order valence-electron chi connectivity index (χ1n) is 4.27.